The second-order valence-corrected chi connectivity index (χ2v) is 10.2. The van der Waals surface area contributed by atoms with Crippen LogP contribution >= 0.6 is 0 Å². The quantitative estimate of drug-likeness (QED) is 0.183. The summed E-state index contributed by atoms with van der Waals surface area (Å²) >= 11 is 0. The van der Waals surface area contributed by atoms with Crippen molar-refractivity contribution in [1.82, 2.24) is 15.0 Å². The Morgan fingerprint density at radius 3 is 0.864 bits per heavy atom. The summed E-state index contributed by atoms with van der Waals surface area (Å²) in [7, 11) is 0. The number of benzene rings is 6. The Balaban J connectivity index is 1.17. The maximum atomic E-state index is 4.85. The van der Waals surface area contributed by atoms with E-state index in [1.807, 2.05) is 24.3 Å². The summed E-state index contributed by atoms with van der Waals surface area (Å²) in [4.78, 5) is 18.3. The number of nitrogens with zero attached hydrogens (tertiary/aromatic N) is 5. The van der Waals surface area contributed by atoms with Crippen LogP contribution in [0.2, 0.25) is 0 Å². The third-order valence-electron chi connectivity index (χ3n) is 7.40. The predicted octanol–water partition coefficient (Wildman–Crippen LogP) is 10.1. The van der Waals surface area contributed by atoms with Crippen molar-refractivity contribution in [3.63, 3.8) is 0 Å². The highest BCUT2D eigenvalue weighted by molar-refractivity contribution is 5.79. The molecular formula is C39H29N5. The number of hydrogen-bond donors (Lipinski definition) is 0. The monoisotopic (exact) mass is 567 g/mol. The van der Waals surface area contributed by atoms with Gasteiger partial charge in [-0.05, 0) is 97.1 Å². The third-order valence-corrected chi connectivity index (χ3v) is 7.40. The van der Waals surface area contributed by atoms with Crippen molar-refractivity contribution in [2.45, 2.75) is 0 Å². The van der Waals surface area contributed by atoms with Crippen LogP contribution in [0.3, 0.4) is 0 Å². The van der Waals surface area contributed by atoms with Crippen molar-refractivity contribution in [1.29, 1.82) is 0 Å². The SMILES string of the molecule is c1ccc(N(c2ccccc2)c2ccc(-c3ncnc(-c4ccc(N(c5ccccc5)c5ccccc5)cc4)n3)cc2)cc1. The summed E-state index contributed by atoms with van der Waals surface area (Å²) in [6.07, 6.45) is 1.58. The van der Waals surface area contributed by atoms with Gasteiger partial charge in [0.1, 0.15) is 6.33 Å². The topological polar surface area (TPSA) is 45.2 Å². The van der Waals surface area contributed by atoms with E-state index < -0.39 is 0 Å². The van der Waals surface area contributed by atoms with E-state index in [0.717, 1.165) is 45.3 Å². The molecule has 7 aromatic rings. The Labute approximate surface area is 257 Å². The Kier molecular flexibility index (Phi) is 7.57. The van der Waals surface area contributed by atoms with Crippen molar-refractivity contribution >= 4 is 34.1 Å². The van der Waals surface area contributed by atoms with Crippen molar-refractivity contribution in [3.8, 4) is 22.8 Å². The van der Waals surface area contributed by atoms with Crippen LogP contribution < -0.4 is 9.80 Å². The van der Waals surface area contributed by atoms with Crippen molar-refractivity contribution in [3.05, 3.63) is 176 Å². The van der Waals surface area contributed by atoms with Gasteiger partial charge in [-0.3, -0.25) is 0 Å². The molecule has 5 nitrogen and oxygen atoms in total. The van der Waals surface area contributed by atoms with Crippen LogP contribution in [-0.2, 0) is 0 Å². The highest BCUT2D eigenvalue weighted by atomic mass is 15.1. The Hall–Kier alpha value is -6.07. The summed E-state index contributed by atoms with van der Waals surface area (Å²) in [5.41, 5.74) is 8.33. The van der Waals surface area contributed by atoms with Gasteiger partial charge in [-0.1, -0.05) is 72.8 Å². The minimum Gasteiger partial charge on any atom is -0.311 e. The van der Waals surface area contributed by atoms with Crippen LogP contribution in [0.15, 0.2) is 176 Å². The van der Waals surface area contributed by atoms with E-state index in [1.165, 1.54) is 0 Å². The molecule has 0 unspecified atom stereocenters. The van der Waals surface area contributed by atoms with Crippen LogP contribution in [-0.4, -0.2) is 15.0 Å². The number of hydrogen-bond acceptors (Lipinski definition) is 5. The molecule has 0 saturated carbocycles. The summed E-state index contributed by atoms with van der Waals surface area (Å²) in [6, 6.07) is 58.2. The summed E-state index contributed by atoms with van der Waals surface area (Å²) in [5, 5.41) is 0. The van der Waals surface area contributed by atoms with Gasteiger partial charge < -0.3 is 9.80 Å². The van der Waals surface area contributed by atoms with Gasteiger partial charge in [0.2, 0.25) is 0 Å². The molecule has 0 aliphatic rings. The van der Waals surface area contributed by atoms with Crippen LogP contribution in [0.5, 0.6) is 0 Å². The van der Waals surface area contributed by atoms with Crippen LogP contribution in [0.25, 0.3) is 22.8 Å². The molecule has 0 aliphatic carbocycles. The highest BCUT2D eigenvalue weighted by Gasteiger charge is 2.15. The van der Waals surface area contributed by atoms with Crippen molar-refractivity contribution in [2.24, 2.45) is 0 Å². The van der Waals surface area contributed by atoms with Gasteiger partial charge in [0, 0.05) is 45.3 Å². The largest absolute Gasteiger partial charge is 0.311 e. The van der Waals surface area contributed by atoms with Gasteiger partial charge >= 0.3 is 0 Å². The highest BCUT2D eigenvalue weighted by Crippen LogP contribution is 2.36. The molecule has 0 fully saturated rings. The van der Waals surface area contributed by atoms with E-state index in [9.17, 15) is 0 Å². The van der Waals surface area contributed by atoms with Gasteiger partial charge in [0.25, 0.3) is 0 Å². The smallest absolute Gasteiger partial charge is 0.163 e. The van der Waals surface area contributed by atoms with E-state index in [2.05, 4.69) is 165 Å². The minimum absolute atomic E-state index is 0.631. The molecule has 7 rings (SSSR count). The first-order valence-corrected chi connectivity index (χ1v) is 14.5. The fourth-order valence-electron chi connectivity index (χ4n) is 5.30. The first kappa shape index (κ1) is 26.8. The molecule has 0 spiro atoms. The fourth-order valence-corrected chi connectivity index (χ4v) is 5.30. The number of para-hydroxylation sites is 4. The predicted molar refractivity (Wildman–Crippen MR) is 180 cm³/mol. The molecule has 0 aliphatic heterocycles. The lowest BCUT2D eigenvalue weighted by atomic mass is 10.1. The second-order valence-electron chi connectivity index (χ2n) is 10.2. The van der Waals surface area contributed by atoms with Crippen LogP contribution in [0.4, 0.5) is 34.1 Å². The average molecular weight is 568 g/mol. The van der Waals surface area contributed by atoms with Gasteiger partial charge in [0.15, 0.2) is 11.6 Å². The lowest BCUT2D eigenvalue weighted by Crippen LogP contribution is -2.09. The average Bonchev–Trinajstić information content (AvgIpc) is 3.11. The molecule has 0 radical (unpaired) electrons. The van der Waals surface area contributed by atoms with E-state index >= 15 is 0 Å². The summed E-state index contributed by atoms with van der Waals surface area (Å²) in [5.74, 6) is 1.26. The number of anilines is 6. The van der Waals surface area contributed by atoms with Crippen LogP contribution in [0, 0.1) is 0 Å². The van der Waals surface area contributed by atoms with E-state index in [1.54, 1.807) is 6.33 Å². The molecule has 0 atom stereocenters. The maximum Gasteiger partial charge on any atom is 0.163 e. The molecule has 0 bridgehead atoms. The number of aromatic nitrogens is 3. The Morgan fingerprint density at radius 2 is 0.568 bits per heavy atom. The lowest BCUT2D eigenvalue weighted by molar-refractivity contribution is 1.06. The molecule has 6 aromatic carbocycles. The molecule has 0 saturated heterocycles. The van der Waals surface area contributed by atoms with Gasteiger partial charge in [0.05, 0.1) is 0 Å². The second kappa shape index (κ2) is 12.4. The van der Waals surface area contributed by atoms with Crippen molar-refractivity contribution < 1.29 is 0 Å². The van der Waals surface area contributed by atoms with Gasteiger partial charge in [-0.25, -0.2) is 15.0 Å². The molecule has 0 amide bonds. The van der Waals surface area contributed by atoms with E-state index in [0.29, 0.717) is 11.6 Å². The van der Waals surface area contributed by atoms with E-state index in [4.69, 9.17) is 4.98 Å². The van der Waals surface area contributed by atoms with Gasteiger partial charge in [-0.15, -0.1) is 0 Å². The first-order valence-electron chi connectivity index (χ1n) is 14.5. The zero-order chi connectivity index (χ0) is 29.6. The third kappa shape index (κ3) is 5.67. The Morgan fingerprint density at radius 1 is 0.295 bits per heavy atom. The molecular weight excluding hydrogens is 538 g/mol. The normalized spacial score (nSPS) is 10.7. The standard InChI is InChI=1S/C39H29N5/c1-5-13-32(14-6-1)43(33-15-7-2-8-16-33)36-25-21-30(22-26-36)38-40-29-41-39(42-38)31-23-27-37(28-24-31)44(34-17-9-3-10-18-34)35-19-11-4-12-20-35/h1-29H. The number of rotatable bonds is 8. The van der Waals surface area contributed by atoms with Crippen LogP contribution in [0.1, 0.15) is 0 Å². The minimum atomic E-state index is 0.631. The summed E-state index contributed by atoms with van der Waals surface area (Å²) < 4.78 is 0. The molecule has 1 aromatic heterocycles. The zero-order valence-corrected chi connectivity index (χ0v) is 24.0. The van der Waals surface area contributed by atoms with E-state index in [-0.39, 0.29) is 0 Å². The molecule has 0 N–H and O–H groups in total. The van der Waals surface area contributed by atoms with Crippen molar-refractivity contribution in [2.75, 3.05) is 9.80 Å². The molecule has 210 valence electrons. The summed E-state index contributed by atoms with van der Waals surface area (Å²) in [6.45, 7) is 0. The molecule has 1 heterocycles. The van der Waals surface area contributed by atoms with Gasteiger partial charge in [-0.2, -0.15) is 0 Å². The lowest BCUT2D eigenvalue weighted by Gasteiger charge is -2.25. The maximum absolute atomic E-state index is 4.85. The molecule has 44 heavy (non-hydrogen) atoms. The first-order chi connectivity index (χ1) is 21.8. The molecule has 5 heteroatoms. The Bertz CT molecular complexity index is 1710. The fraction of sp³-hybridized carbons (Fsp3) is 0. The zero-order valence-electron chi connectivity index (χ0n) is 24.0.